The molecule has 2 rings (SSSR count). The van der Waals surface area contributed by atoms with Crippen LogP contribution in [0.3, 0.4) is 0 Å². The predicted molar refractivity (Wildman–Crippen MR) is 77.8 cm³/mol. The minimum Gasteiger partial charge on any atom is -0.437 e. The number of hydrogen-bond acceptors (Lipinski definition) is 3. The normalized spacial score (nSPS) is 11.1. The van der Waals surface area contributed by atoms with E-state index >= 15 is 0 Å². The molecule has 0 atom stereocenters. The minimum atomic E-state index is 0.205. The first-order chi connectivity index (χ1) is 8.91. The lowest BCUT2D eigenvalue weighted by molar-refractivity contribution is 0.387. The van der Waals surface area contributed by atoms with Gasteiger partial charge in [0.15, 0.2) is 0 Å². The number of nitrogen functional groups attached to an aromatic ring is 1. The summed E-state index contributed by atoms with van der Waals surface area (Å²) in [5.41, 5.74) is 9.79. The van der Waals surface area contributed by atoms with Crippen molar-refractivity contribution >= 4 is 5.69 Å². The molecule has 1 heterocycles. The molecular formula is C15H21N3O. The van der Waals surface area contributed by atoms with Gasteiger partial charge in [-0.3, -0.25) is 0 Å². The first-order valence-electron chi connectivity index (χ1n) is 6.50. The third kappa shape index (κ3) is 2.43. The first-order valence-corrected chi connectivity index (χ1v) is 6.50. The van der Waals surface area contributed by atoms with Crippen molar-refractivity contribution in [3.05, 3.63) is 35.0 Å². The average molecular weight is 259 g/mol. The Morgan fingerprint density at radius 1 is 1.21 bits per heavy atom. The van der Waals surface area contributed by atoms with E-state index in [1.54, 1.807) is 0 Å². The van der Waals surface area contributed by atoms with Crippen LogP contribution in [-0.2, 0) is 0 Å². The van der Waals surface area contributed by atoms with Crippen molar-refractivity contribution in [2.45, 2.75) is 40.7 Å². The number of aryl methyl sites for hydroxylation is 2. The number of rotatable bonds is 3. The third-order valence-corrected chi connectivity index (χ3v) is 3.34. The molecule has 19 heavy (non-hydrogen) atoms. The van der Waals surface area contributed by atoms with Gasteiger partial charge in [-0.15, -0.1) is 0 Å². The fraction of sp³-hybridized carbons (Fsp3) is 0.400. The summed E-state index contributed by atoms with van der Waals surface area (Å²) >= 11 is 0. The predicted octanol–water partition coefficient (Wildman–Crippen LogP) is 3.76. The summed E-state index contributed by atoms with van der Waals surface area (Å²) in [6.45, 7) is 10.1. The van der Waals surface area contributed by atoms with Crippen LogP contribution in [0.15, 0.2) is 18.2 Å². The fourth-order valence-corrected chi connectivity index (χ4v) is 1.93. The van der Waals surface area contributed by atoms with Gasteiger partial charge in [-0.05, 0) is 51.8 Å². The molecule has 0 unspecified atom stereocenters. The molecule has 0 amide bonds. The molecule has 0 radical (unpaired) electrons. The molecule has 0 aliphatic rings. The molecule has 0 aliphatic carbocycles. The van der Waals surface area contributed by atoms with Gasteiger partial charge in [0.05, 0.1) is 11.7 Å². The van der Waals surface area contributed by atoms with Crippen molar-refractivity contribution in [3.8, 4) is 11.6 Å². The van der Waals surface area contributed by atoms with Crippen molar-refractivity contribution in [2.24, 2.45) is 0 Å². The standard InChI is InChI=1S/C15H21N3O/c1-9(2)18-15(14(16)12(5)17-18)19-13-8-6-7-10(3)11(13)4/h6-9H,16H2,1-5H3. The summed E-state index contributed by atoms with van der Waals surface area (Å²) in [7, 11) is 0. The van der Waals surface area contributed by atoms with Gasteiger partial charge in [0.25, 0.3) is 0 Å². The molecule has 102 valence electrons. The Balaban J connectivity index is 2.46. The molecule has 1 aromatic carbocycles. The first kappa shape index (κ1) is 13.5. The van der Waals surface area contributed by atoms with Crippen LogP contribution in [0.2, 0.25) is 0 Å². The molecule has 0 spiro atoms. The highest BCUT2D eigenvalue weighted by atomic mass is 16.5. The SMILES string of the molecule is Cc1cccc(Oc2c(N)c(C)nn2C(C)C)c1C. The van der Waals surface area contributed by atoms with Gasteiger partial charge in [-0.1, -0.05) is 12.1 Å². The van der Waals surface area contributed by atoms with Gasteiger partial charge in [0.2, 0.25) is 5.88 Å². The van der Waals surface area contributed by atoms with Crippen LogP contribution in [0, 0.1) is 20.8 Å². The van der Waals surface area contributed by atoms with Crippen molar-refractivity contribution in [3.63, 3.8) is 0 Å². The summed E-state index contributed by atoms with van der Waals surface area (Å²) in [6, 6.07) is 6.21. The lowest BCUT2D eigenvalue weighted by atomic mass is 10.1. The molecule has 0 aliphatic heterocycles. The van der Waals surface area contributed by atoms with E-state index in [4.69, 9.17) is 10.5 Å². The van der Waals surface area contributed by atoms with E-state index in [1.807, 2.05) is 30.7 Å². The van der Waals surface area contributed by atoms with E-state index in [2.05, 4.69) is 31.9 Å². The van der Waals surface area contributed by atoms with Gasteiger partial charge in [-0.2, -0.15) is 5.10 Å². The number of anilines is 1. The Hall–Kier alpha value is -1.97. The van der Waals surface area contributed by atoms with Crippen molar-refractivity contribution < 1.29 is 4.74 Å². The number of ether oxygens (including phenoxy) is 1. The smallest absolute Gasteiger partial charge is 0.241 e. The summed E-state index contributed by atoms with van der Waals surface area (Å²) in [4.78, 5) is 0. The molecule has 0 bridgehead atoms. The number of aromatic nitrogens is 2. The van der Waals surface area contributed by atoms with Gasteiger partial charge in [0, 0.05) is 0 Å². The van der Waals surface area contributed by atoms with Crippen LogP contribution in [0.5, 0.6) is 11.6 Å². The monoisotopic (exact) mass is 259 g/mol. The summed E-state index contributed by atoms with van der Waals surface area (Å²) in [5.74, 6) is 1.45. The number of nitrogens with zero attached hydrogens (tertiary/aromatic N) is 2. The Morgan fingerprint density at radius 2 is 1.89 bits per heavy atom. The zero-order valence-corrected chi connectivity index (χ0v) is 12.2. The summed E-state index contributed by atoms with van der Waals surface area (Å²) in [5, 5.41) is 4.42. The zero-order valence-electron chi connectivity index (χ0n) is 12.2. The summed E-state index contributed by atoms with van der Waals surface area (Å²) < 4.78 is 7.84. The minimum absolute atomic E-state index is 0.205. The van der Waals surface area contributed by atoms with Gasteiger partial charge in [-0.25, -0.2) is 4.68 Å². The van der Waals surface area contributed by atoms with E-state index in [0.29, 0.717) is 11.6 Å². The van der Waals surface area contributed by atoms with E-state index in [-0.39, 0.29) is 6.04 Å². The maximum atomic E-state index is 6.07. The van der Waals surface area contributed by atoms with Crippen molar-refractivity contribution in [1.29, 1.82) is 0 Å². The molecule has 4 heteroatoms. The van der Waals surface area contributed by atoms with Crippen molar-refractivity contribution in [1.82, 2.24) is 9.78 Å². The van der Waals surface area contributed by atoms with Crippen LogP contribution in [0.1, 0.15) is 36.7 Å². The molecule has 2 N–H and O–H groups in total. The zero-order chi connectivity index (χ0) is 14.2. The van der Waals surface area contributed by atoms with E-state index in [1.165, 1.54) is 5.56 Å². The Bertz CT molecular complexity index is 600. The molecule has 0 saturated heterocycles. The topological polar surface area (TPSA) is 53.1 Å². The molecule has 0 fully saturated rings. The average Bonchev–Trinajstić information content (AvgIpc) is 2.63. The van der Waals surface area contributed by atoms with Crippen molar-refractivity contribution in [2.75, 3.05) is 5.73 Å². The second kappa shape index (κ2) is 4.96. The maximum Gasteiger partial charge on any atom is 0.241 e. The lowest BCUT2D eigenvalue weighted by Gasteiger charge is -2.14. The van der Waals surface area contributed by atoms with E-state index < -0.39 is 0 Å². The van der Waals surface area contributed by atoms with Crippen LogP contribution < -0.4 is 10.5 Å². The quantitative estimate of drug-likeness (QED) is 0.913. The van der Waals surface area contributed by atoms with Crippen LogP contribution in [-0.4, -0.2) is 9.78 Å². The third-order valence-electron chi connectivity index (χ3n) is 3.34. The number of nitrogens with two attached hydrogens (primary N) is 1. The van der Waals surface area contributed by atoms with E-state index in [9.17, 15) is 0 Å². The second-order valence-corrected chi connectivity index (χ2v) is 5.14. The molecule has 2 aromatic rings. The van der Waals surface area contributed by atoms with Crippen LogP contribution >= 0.6 is 0 Å². The van der Waals surface area contributed by atoms with Gasteiger partial charge in [0.1, 0.15) is 11.4 Å². The number of benzene rings is 1. The lowest BCUT2D eigenvalue weighted by Crippen LogP contribution is -2.06. The summed E-state index contributed by atoms with van der Waals surface area (Å²) in [6.07, 6.45) is 0. The second-order valence-electron chi connectivity index (χ2n) is 5.14. The van der Waals surface area contributed by atoms with Gasteiger partial charge >= 0.3 is 0 Å². The fourth-order valence-electron chi connectivity index (χ4n) is 1.93. The molecule has 4 nitrogen and oxygen atoms in total. The Kier molecular flexibility index (Phi) is 3.51. The maximum absolute atomic E-state index is 6.07. The van der Waals surface area contributed by atoms with Crippen LogP contribution in [0.25, 0.3) is 0 Å². The molecule has 0 saturated carbocycles. The van der Waals surface area contributed by atoms with E-state index in [0.717, 1.165) is 17.0 Å². The van der Waals surface area contributed by atoms with Crippen LogP contribution in [0.4, 0.5) is 5.69 Å². The molecular weight excluding hydrogens is 238 g/mol. The number of hydrogen-bond donors (Lipinski definition) is 1. The highest BCUT2D eigenvalue weighted by Crippen LogP contribution is 2.34. The highest BCUT2D eigenvalue weighted by molar-refractivity contribution is 5.55. The van der Waals surface area contributed by atoms with Gasteiger partial charge < -0.3 is 10.5 Å². The Labute approximate surface area is 114 Å². The Morgan fingerprint density at radius 3 is 2.53 bits per heavy atom. The highest BCUT2D eigenvalue weighted by Gasteiger charge is 2.17. The molecule has 1 aromatic heterocycles. The largest absolute Gasteiger partial charge is 0.437 e.